The summed E-state index contributed by atoms with van der Waals surface area (Å²) >= 11 is 11.1. The first-order valence-electron chi connectivity index (χ1n) is 2.52. The molecule has 0 heterocycles. The molecule has 0 saturated heterocycles. The highest BCUT2D eigenvalue weighted by Crippen LogP contribution is 2.27. The van der Waals surface area contributed by atoms with E-state index in [1.165, 1.54) is 12.1 Å². The summed E-state index contributed by atoms with van der Waals surface area (Å²) in [5.41, 5.74) is 0.175. The summed E-state index contributed by atoms with van der Waals surface area (Å²) < 4.78 is 0. The first kappa shape index (κ1) is 7.51. The molecular weight excluding hydrogens is 173 g/mol. The van der Waals surface area contributed by atoms with E-state index in [2.05, 4.69) is 5.18 Å². The van der Waals surface area contributed by atoms with Crippen LogP contribution in [0.15, 0.2) is 23.4 Å². The predicted octanol–water partition coefficient (Wildman–Crippen LogP) is 3.39. The summed E-state index contributed by atoms with van der Waals surface area (Å²) in [4.78, 5) is 9.99. The van der Waals surface area contributed by atoms with E-state index in [9.17, 15) is 4.91 Å². The molecule has 52 valence electrons. The van der Waals surface area contributed by atoms with E-state index in [0.717, 1.165) is 0 Å². The predicted molar refractivity (Wildman–Crippen MR) is 41.9 cm³/mol. The van der Waals surface area contributed by atoms with Crippen molar-refractivity contribution in [2.75, 3.05) is 0 Å². The van der Waals surface area contributed by atoms with E-state index in [1.54, 1.807) is 6.07 Å². The van der Waals surface area contributed by atoms with Crippen LogP contribution in [0, 0.1) is 4.91 Å². The van der Waals surface area contributed by atoms with Crippen LogP contribution in [-0.2, 0) is 0 Å². The van der Waals surface area contributed by atoms with E-state index >= 15 is 0 Å². The monoisotopic (exact) mass is 175 g/mol. The summed E-state index contributed by atoms with van der Waals surface area (Å²) in [7, 11) is 0. The summed E-state index contributed by atoms with van der Waals surface area (Å²) in [6.45, 7) is 0. The molecule has 0 saturated carbocycles. The lowest BCUT2D eigenvalue weighted by Crippen LogP contribution is -1.66. The maximum Gasteiger partial charge on any atom is 0.128 e. The van der Waals surface area contributed by atoms with E-state index in [4.69, 9.17) is 23.2 Å². The molecule has 0 N–H and O–H groups in total. The second-order valence-corrected chi connectivity index (χ2v) is 2.53. The number of benzene rings is 1. The Hall–Kier alpha value is -0.600. The molecule has 0 atom stereocenters. The minimum Gasteiger partial charge on any atom is -0.145 e. The smallest absolute Gasteiger partial charge is 0.128 e. The first-order chi connectivity index (χ1) is 4.74. The van der Waals surface area contributed by atoms with Crippen molar-refractivity contribution >= 4 is 28.9 Å². The van der Waals surface area contributed by atoms with Gasteiger partial charge in [-0.15, -0.1) is 4.91 Å². The van der Waals surface area contributed by atoms with Gasteiger partial charge in [0.25, 0.3) is 0 Å². The molecule has 0 aromatic heterocycles. The van der Waals surface area contributed by atoms with Crippen LogP contribution in [0.3, 0.4) is 0 Å². The Kier molecular flexibility index (Phi) is 2.25. The maximum absolute atomic E-state index is 9.99. The summed E-state index contributed by atoms with van der Waals surface area (Å²) in [5.74, 6) is 0. The first-order valence-corrected chi connectivity index (χ1v) is 3.28. The van der Waals surface area contributed by atoms with Crippen LogP contribution in [0.5, 0.6) is 0 Å². The zero-order valence-electron chi connectivity index (χ0n) is 4.84. The van der Waals surface area contributed by atoms with Gasteiger partial charge in [-0.25, -0.2) is 0 Å². The maximum atomic E-state index is 9.99. The lowest BCUT2D eigenvalue weighted by Gasteiger charge is -1.92. The van der Waals surface area contributed by atoms with Gasteiger partial charge in [0, 0.05) is 5.02 Å². The fourth-order valence-corrected chi connectivity index (χ4v) is 0.874. The molecular formula is C6H3Cl2NO. The highest BCUT2D eigenvalue weighted by atomic mass is 35.5. The van der Waals surface area contributed by atoms with Crippen LogP contribution >= 0.6 is 23.2 Å². The van der Waals surface area contributed by atoms with Crippen molar-refractivity contribution < 1.29 is 0 Å². The van der Waals surface area contributed by atoms with E-state index in [0.29, 0.717) is 10.0 Å². The number of nitrogens with zero attached hydrogens (tertiary/aromatic N) is 1. The molecule has 0 aliphatic heterocycles. The number of nitroso groups, excluding NO2 is 1. The van der Waals surface area contributed by atoms with Gasteiger partial charge in [-0.2, -0.15) is 0 Å². The summed E-state index contributed by atoms with van der Waals surface area (Å²) in [5, 5.41) is 3.44. The summed E-state index contributed by atoms with van der Waals surface area (Å²) in [6, 6.07) is 4.54. The van der Waals surface area contributed by atoms with Crippen molar-refractivity contribution in [3.8, 4) is 0 Å². The van der Waals surface area contributed by atoms with Gasteiger partial charge < -0.3 is 0 Å². The molecule has 4 heteroatoms. The molecule has 0 unspecified atom stereocenters. The average Bonchev–Trinajstić information content (AvgIpc) is 1.94. The van der Waals surface area contributed by atoms with E-state index < -0.39 is 0 Å². The normalized spacial score (nSPS) is 9.40. The Morgan fingerprint density at radius 1 is 1.30 bits per heavy atom. The van der Waals surface area contributed by atoms with Crippen molar-refractivity contribution in [1.29, 1.82) is 0 Å². The van der Waals surface area contributed by atoms with Gasteiger partial charge in [-0.3, -0.25) is 0 Å². The van der Waals surface area contributed by atoms with Crippen molar-refractivity contribution in [2.45, 2.75) is 0 Å². The number of halogens is 2. The van der Waals surface area contributed by atoms with Gasteiger partial charge in [0.15, 0.2) is 0 Å². The Morgan fingerprint density at radius 3 is 2.50 bits per heavy atom. The molecule has 0 bridgehead atoms. The van der Waals surface area contributed by atoms with Gasteiger partial charge >= 0.3 is 0 Å². The molecule has 0 amide bonds. The average molecular weight is 176 g/mol. The summed E-state index contributed by atoms with van der Waals surface area (Å²) in [6.07, 6.45) is 0. The fourth-order valence-electron chi connectivity index (χ4n) is 0.556. The Balaban J connectivity index is 3.21. The van der Waals surface area contributed by atoms with Crippen LogP contribution in [0.25, 0.3) is 0 Å². The van der Waals surface area contributed by atoms with Crippen LogP contribution in [0.2, 0.25) is 10.0 Å². The minimum atomic E-state index is 0.175. The SMILES string of the molecule is O=Nc1cc(Cl)ccc1Cl. The van der Waals surface area contributed by atoms with Gasteiger partial charge in [-0.05, 0) is 23.4 Å². The van der Waals surface area contributed by atoms with Crippen LogP contribution < -0.4 is 0 Å². The number of rotatable bonds is 1. The largest absolute Gasteiger partial charge is 0.145 e. The highest BCUT2D eigenvalue weighted by molar-refractivity contribution is 6.35. The molecule has 1 rings (SSSR count). The van der Waals surface area contributed by atoms with Gasteiger partial charge in [0.2, 0.25) is 0 Å². The molecule has 0 fully saturated rings. The third kappa shape index (κ3) is 1.46. The molecule has 0 aliphatic rings. The quantitative estimate of drug-likeness (QED) is 0.603. The molecule has 1 aromatic rings. The Bertz CT molecular complexity index is 262. The molecule has 0 aliphatic carbocycles. The topological polar surface area (TPSA) is 29.4 Å². The molecule has 0 spiro atoms. The second kappa shape index (κ2) is 2.99. The third-order valence-electron chi connectivity index (χ3n) is 1.01. The lowest BCUT2D eigenvalue weighted by atomic mass is 10.3. The lowest BCUT2D eigenvalue weighted by molar-refractivity contribution is 1.50. The van der Waals surface area contributed by atoms with E-state index in [-0.39, 0.29) is 5.69 Å². The number of hydrogen-bond donors (Lipinski definition) is 0. The van der Waals surface area contributed by atoms with Crippen LogP contribution in [0.1, 0.15) is 0 Å². The highest BCUT2D eigenvalue weighted by Gasteiger charge is 1.98. The molecule has 0 radical (unpaired) electrons. The van der Waals surface area contributed by atoms with Gasteiger partial charge in [0.05, 0.1) is 5.02 Å². The Labute approximate surface area is 67.7 Å². The van der Waals surface area contributed by atoms with Crippen molar-refractivity contribution in [3.05, 3.63) is 33.2 Å². The van der Waals surface area contributed by atoms with Crippen LogP contribution in [0.4, 0.5) is 5.69 Å². The van der Waals surface area contributed by atoms with Crippen molar-refractivity contribution in [3.63, 3.8) is 0 Å². The fraction of sp³-hybridized carbons (Fsp3) is 0. The standard InChI is InChI=1S/C6H3Cl2NO/c7-4-1-2-5(8)6(3-4)9-10/h1-3H. The molecule has 2 nitrogen and oxygen atoms in total. The zero-order valence-corrected chi connectivity index (χ0v) is 6.36. The van der Waals surface area contributed by atoms with Crippen LogP contribution in [-0.4, -0.2) is 0 Å². The number of hydrogen-bond acceptors (Lipinski definition) is 2. The second-order valence-electron chi connectivity index (χ2n) is 1.69. The van der Waals surface area contributed by atoms with Crippen molar-refractivity contribution in [1.82, 2.24) is 0 Å². The zero-order chi connectivity index (χ0) is 7.56. The molecule has 10 heavy (non-hydrogen) atoms. The van der Waals surface area contributed by atoms with E-state index in [1.807, 2.05) is 0 Å². The third-order valence-corrected chi connectivity index (χ3v) is 1.56. The van der Waals surface area contributed by atoms with Gasteiger partial charge in [0.1, 0.15) is 5.69 Å². The van der Waals surface area contributed by atoms with Gasteiger partial charge in [-0.1, -0.05) is 23.2 Å². The Morgan fingerprint density at radius 2 is 2.00 bits per heavy atom. The minimum absolute atomic E-state index is 0.175. The van der Waals surface area contributed by atoms with Crippen molar-refractivity contribution in [2.24, 2.45) is 5.18 Å². The molecule has 1 aromatic carbocycles.